The second kappa shape index (κ2) is 11.8. The van der Waals surface area contributed by atoms with Gasteiger partial charge in [-0.15, -0.1) is 0 Å². The summed E-state index contributed by atoms with van der Waals surface area (Å²) in [5, 5.41) is 10.6. The van der Waals surface area contributed by atoms with E-state index in [0.29, 0.717) is 51.2 Å². The van der Waals surface area contributed by atoms with Gasteiger partial charge in [0, 0.05) is 68.0 Å². The van der Waals surface area contributed by atoms with Crippen LogP contribution < -0.4 is 5.32 Å². The van der Waals surface area contributed by atoms with Crippen molar-refractivity contribution in [3.8, 4) is 33.9 Å². The summed E-state index contributed by atoms with van der Waals surface area (Å²) < 4.78 is 58.3. The standard InChI is InChI=1S/C32H30F4N10/c1-45(2)8-6-38-22-11-19(10-21(33)12-22)23-3-5-39-30-28(23)41-31(42-30)29-25-24(43-44-29)15-40-27(26(25)34)20-9-18(13-37-14-20)16-46-7-4-32(35,36)17-46/h3,5,9-15,38H,4,6-8,16-17H2,1-2H3,(H,43,44)(H,39,41,42). The summed E-state index contributed by atoms with van der Waals surface area (Å²) in [5.41, 5.74) is 4.47. The van der Waals surface area contributed by atoms with Gasteiger partial charge < -0.3 is 15.2 Å². The monoisotopic (exact) mass is 630 g/mol. The molecule has 10 nitrogen and oxygen atoms in total. The van der Waals surface area contributed by atoms with E-state index in [4.69, 9.17) is 4.98 Å². The fourth-order valence-corrected chi connectivity index (χ4v) is 5.78. The molecule has 1 aromatic carbocycles. The maximum atomic E-state index is 16.2. The summed E-state index contributed by atoms with van der Waals surface area (Å²) in [7, 11) is 3.93. The molecular formula is C32H30F4N10. The Morgan fingerprint density at radius 2 is 1.89 bits per heavy atom. The normalized spacial score (nSPS) is 15.0. The van der Waals surface area contributed by atoms with Crippen LogP contribution in [0.5, 0.6) is 0 Å². The molecule has 0 aliphatic carbocycles. The van der Waals surface area contributed by atoms with Crippen molar-refractivity contribution in [1.29, 1.82) is 0 Å². The van der Waals surface area contributed by atoms with E-state index in [2.05, 4.69) is 35.5 Å². The number of likely N-dealkylation sites (N-methyl/N-ethyl adjacent to an activating group) is 1. The highest BCUT2D eigenvalue weighted by molar-refractivity contribution is 5.97. The number of benzene rings is 1. The van der Waals surface area contributed by atoms with Crippen LogP contribution in [0.3, 0.4) is 0 Å². The number of alkyl halides is 2. The Hall–Kier alpha value is -4.95. The minimum atomic E-state index is -2.71. The van der Waals surface area contributed by atoms with Crippen LogP contribution in [0, 0.1) is 11.6 Å². The summed E-state index contributed by atoms with van der Waals surface area (Å²) in [6, 6.07) is 8.17. The van der Waals surface area contributed by atoms with Gasteiger partial charge in [0.1, 0.15) is 22.7 Å². The Morgan fingerprint density at radius 1 is 1.02 bits per heavy atom. The molecule has 1 aliphatic rings. The maximum Gasteiger partial charge on any atom is 0.261 e. The summed E-state index contributed by atoms with van der Waals surface area (Å²) in [6.07, 6.45) is 5.95. The third-order valence-electron chi connectivity index (χ3n) is 7.97. The first-order valence-corrected chi connectivity index (χ1v) is 14.8. The van der Waals surface area contributed by atoms with Crippen LogP contribution in [0.1, 0.15) is 12.0 Å². The molecule has 1 saturated heterocycles. The molecular weight excluding hydrogens is 600 g/mol. The zero-order chi connectivity index (χ0) is 32.0. The minimum Gasteiger partial charge on any atom is -0.384 e. The van der Waals surface area contributed by atoms with Gasteiger partial charge in [0.25, 0.3) is 5.92 Å². The predicted molar refractivity (Wildman–Crippen MR) is 167 cm³/mol. The fraction of sp³-hybridized carbons (Fsp3) is 0.281. The minimum absolute atomic E-state index is 0.0419. The Bertz CT molecular complexity index is 2050. The number of halogens is 4. The largest absolute Gasteiger partial charge is 0.384 e. The number of nitrogens with zero attached hydrogens (tertiary/aromatic N) is 7. The first kappa shape index (κ1) is 29.7. The third-order valence-corrected chi connectivity index (χ3v) is 7.97. The molecule has 14 heteroatoms. The van der Waals surface area contributed by atoms with Gasteiger partial charge in [0.2, 0.25) is 0 Å². The van der Waals surface area contributed by atoms with Gasteiger partial charge in [-0.3, -0.25) is 20.0 Å². The number of likely N-dealkylation sites (tertiary alicyclic amines) is 1. The van der Waals surface area contributed by atoms with Gasteiger partial charge in [0.15, 0.2) is 17.3 Å². The predicted octanol–water partition coefficient (Wildman–Crippen LogP) is 5.72. The highest BCUT2D eigenvalue weighted by Crippen LogP contribution is 2.35. The zero-order valence-electron chi connectivity index (χ0n) is 25.1. The number of aromatic nitrogens is 7. The molecule has 0 atom stereocenters. The van der Waals surface area contributed by atoms with Crippen molar-refractivity contribution in [3.05, 3.63) is 72.3 Å². The average Bonchev–Trinajstić information content (AvgIpc) is 3.73. The van der Waals surface area contributed by atoms with E-state index < -0.39 is 17.6 Å². The van der Waals surface area contributed by atoms with Crippen LogP contribution in [0.15, 0.2) is 55.1 Å². The van der Waals surface area contributed by atoms with Crippen LogP contribution in [-0.2, 0) is 6.54 Å². The first-order valence-electron chi connectivity index (χ1n) is 14.8. The maximum absolute atomic E-state index is 16.2. The average molecular weight is 631 g/mol. The molecule has 1 aliphatic heterocycles. The molecule has 0 spiro atoms. The van der Waals surface area contributed by atoms with Gasteiger partial charge in [-0.25, -0.2) is 27.5 Å². The Balaban J connectivity index is 1.23. The Kier molecular flexibility index (Phi) is 7.61. The fourth-order valence-electron chi connectivity index (χ4n) is 5.78. The lowest BCUT2D eigenvalue weighted by Crippen LogP contribution is -2.24. The molecule has 5 aromatic heterocycles. The van der Waals surface area contributed by atoms with Gasteiger partial charge >= 0.3 is 0 Å². The Labute approximate surface area is 260 Å². The van der Waals surface area contributed by atoms with Crippen molar-refractivity contribution in [3.63, 3.8) is 0 Å². The molecule has 0 radical (unpaired) electrons. The molecule has 236 valence electrons. The lowest BCUT2D eigenvalue weighted by molar-refractivity contribution is 0.0115. The molecule has 3 N–H and O–H groups in total. The first-order chi connectivity index (χ1) is 22.1. The smallest absolute Gasteiger partial charge is 0.261 e. The second-order valence-electron chi connectivity index (χ2n) is 11.8. The van der Waals surface area contributed by atoms with Gasteiger partial charge in [-0.05, 0) is 55.6 Å². The van der Waals surface area contributed by atoms with E-state index >= 15 is 4.39 Å². The van der Waals surface area contributed by atoms with Crippen molar-refractivity contribution in [2.75, 3.05) is 45.6 Å². The van der Waals surface area contributed by atoms with E-state index in [0.717, 1.165) is 6.54 Å². The topological polar surface area (TPSA) is 115 Å². The molecule has 0 bridgehead atoms. The molecule has 7 rings (SSSR count). The van der Waals surface area contributed by atoms with Crippen molar-refractivity contribution in [2.45, 2.75) is 18.9 Å². The summed E-state index contributed by atoms with van der Waals surface area (Å²) >= 11 is 0. The molecule has 6 aromatic rings. The SMILES string of the molecule is CN(C)CCNc1cc(F)cc(-c2ccnc3[nH]c(-c4n[nH]c5cnc(-c6cncc(CN7CCC(F)(F)C7)c6)c(F)c45)nc23)c1. The van der Waals surface area contributed by atoms with Crippen LogP contribution in [0.2, 0.25) is 0 Å². The zero-order valence-corrected chi connectivity index (χ0v) is 25.1. The highest BCUT2D eigenvalue weighted by atomic mass is 19.3. The van der Waals surface area contributed by atoms with Gasteiger partial charge in [-0.2, -0.15) is 5.10 Å². The quantitative estimate of drug-likeness (QED) is 0.174. The number of nitrogens with one attached hydrogen (secondary N) is 3. The van der Waals surface area contributed by atoms with Crippen LogP contribution >= 0.6 is 0 Å². The number of imidazole rings is 1. The van der Waals surface area contributed by atoms with Crippen molar-refractivity contribution >= 4 is 27.8 Å². The third kappa shape index (κ3) is 5.88. The summed E-state index contributed by atoms with van der Waals surface area (Å²) in [4.78, 5) is 24.5. The number of rotatable bonds is 9. The number of pyridine rings is 3. The molecule has 6 heterocycles. The van der Waals surface area contributed by atoms with Crippen molar-refractivity contribution in [2.24, 2.45) is 0 Å². The van der Waals surface area contributed by atoms with Crippen molar-refractivity contribution < 1.29 is 17.6 Å². The number of hydrogen-bond acceptors (Lipinski definition) is 8. The van der Waals surface area contributed by atoms with E-state index in [1.807, 2.05) is 25.1 Å². The number of aromatic amines is 2. The van der Waals surface area contributed by atoms with Crippen LogP contribution in [0.25, 0.3) is 56.0 Å². The number of hydrogen-bond donors (Lipinski definition) is 3. The molecule has 46 heavy (non-hydrogen) atoms. The molecule has 0 amide bonds. The number of anilines is 1. The van der Waals surface area contributed by atoms with Gasteiger partial charge in [-0.1, -0.05) is 0 Å². The van der Waals surface area contributed by atoms with Crippen LogP contribution in [0.4, 0.5) is 23.2 Å². The summed E-state index contributed by atoms with van der Waals surface area (Å²) in [6.45, 7) is 1.64. The van der Waals surface area contributed by atoms with E-state index in [1.165, 1.54) is 24.5 Å². The Morgan fingerprint density at radius 3 is 2.70 bits per heavy atom. The molecule has 1 fully saturated rings. The van der Waals surface area contributed by atoms with E-state index in [9.17, 15) is 13.2 Å². The van der Waals surface area contributed by atoms with E-state index in [1.54, 1.807) is 29.4 Å². The lowest BCUT2D eigenvalue weighted by Gasteiger charge is -2.15. The summed E-state index contributed by atoms with van der Waals surface area (Å²) in [5.74, 6) is -3.49. The highest BCUT2D eigenvalue weighted by Gasteiger charge is 2.38. The number of fused-ring (bicyclic) bond motifs is 2. The van der Waals surface area contributed by atoms with E-state index in [-0.39, 0.29) is 48.7 Å². The number of H-pyrrole nitrogens is 2. The second-order valence-corrected chi connectivity index (χ2v) is 11.8. The van der Waals surface area contributed by atoms with Crippen molar-refractivity contribution in [1.82, 2.24) is 44.9 Å². The van der Waals surface area contributed by atoms with Crippen LogP contribution in [-0.4, -0.2) is 91.1 Å². The molecule has 0 saturated carbocycles. The molecule has 0 unspecified atom stereocenters. The lowest BCUT2D eigenvalue weighted by atomic mass is 10.0. The van der Waals surface area contributed by atoms with Gasteiger partial charge in [0.05, 0.1) is 23.6 Å².